The van der Waals surface area contributed by atoms with Gasteiger partial charge in [0.2, 0.25) is 0 Å². The number of carboxylic acids is 3. The normalized spacial score (nSPS) is 15.9. The van der Waals surface area contributed by atoms with Crippen LogP contribution >= 0.6 is 23.1 Å². The molecule has 2 rings (SSSR count). The van der Waals surface area contributed by atoms with Crippen molar-refractivity contribution in [2.75, 3.05) is 6.26 Å². The second-order valence-electron chi connectivity index (χ2n) is 8.45. The van der Waals surface area contributed by atoms with Gasteiger partial charge in [-0.25, -0.2) is 9.78 Å². The summed E-state index contributed by atoms with van der Waals surface area (Å²) in [7, 11) is 0. The van der Waals surface area contributed by atoms with Gasteiger partial charge in [-0.15, -0.1) is 11.3 Å². The number of carbonyl (C=O) groups is 3. The zero-order valence-electron chi connectivity index (χ0n) is 20.0. The lowest BCUT2D eigenvalue weighted by molar-refractivity contribution is -0.149. The molecule has 0 fully saturated rings. The van der Waals surface area contributed by atoms with E-state index in [1.807, 2.05) is 0 Å². The fourth-order valence-electron chi connectivity index (χ4n) is 3.78. The van der Waals surface area contributed by atoms with Crippen LogP contribution in [0.1, 0.15) is 37.4 Å². The molecule has 9 nitrogen and oxygen atoms in total. The van der Waals surface area contributed by atoms with Crippen molar-refractivity contribution in [3.8, 4) is 10.6 Å². The first-order chi connectivity index (χ1) is 17.2. The summed E-state index contributed by atoms with van der Waals surface area (Å²) in [5.41, 5.74) is 3.38. The number of thiazole rings is 1. The van der Waals surface area contributed by atoms with Crippen molar-refractivity contribution in [3.05, 3.63) is 40.9 Å². The molecule has 204 valence electrons. The van der Waals surface area contributed by atoms with Crippen LogP contribution in [0.4, 0.5) is 13.2 Å². The molecule has 1 aromatic carbocycles. The molecule has 4 atom stereocenters. The average molecular weight is 564 g/mol. The number of halogens is 3. The summed E-state index contributed by atoms with van der Waals surface area (Å²) in [5.74, 6) is -4.97. The van der Waals surface area contributed by atoms with Gasteiger partial charge in [0.1, 0.15) is 11.0 Å². The minimum atomic E-state index is -4.54. The summed E-state index contributed by atoms with van der Waals surface area (Å²) in [5, 5.41) is 32.6. The molecular formula is C23H28F3N3O6S2. The van der Waals surface area contributed by atoms with Gasteiger partial charge in [0.05, 0.1) is 17.2 Å². The Morgan fingerprint density at radius 3 is 2.38 bits per heavy atom. The minimum Gasteiger partial charge on any atom is -0.481 e. The third kappa shape index (κ3) is 8.15. The van der Waals surface area contributed by atoms with Crippen molar-refractivity contribution >= 4 is 41.0 Å². The zero-order valence-corrected chi connectivity index (χ0v) is 21.6. The first-order valence-corrected chi connectivity index (χ1v) is 13.3. The molecule has 2 aromatic rings. The van der Waals surface area contributed by atoms with Gasteiger partial charge in [-0.05, 0) is 24.8 Å². The van der Waals surface area contributed by atoms with Crippen molar-refractivity contribution in [1.29, 1.82) is 0 Å². The molecule has 4 unspecified atom stereocenters. The summed E-state index contributed by atoms with van der Waals surface area (Å²) < 4.78 is 39.1. The lowest BCUT2D eigenvalue weighted by Crippen LogP contribution is -2.66. The van der Waals surface area contributed by atoms with E-state index in [1.165, 1.54) is 17.5 Å². The number of benzene rings is 1. The highest BCUT2D eigenvalue weighted by molar-refractivity contribution is 7.99. The SMILES string of the molecule is CCCC(C(=O)O)C(CC(N)(NC(Cc1csc(-c2cccc(C(F)(F)F)c2)n1)C(=O)O)C(=O)O)SC. The Morgan fingerprint density at radius 1 is 1.19 bits per heavy atom. The van der Waals surface area contributed by atoms with Crippen LogP contribution in [-0.2, 0) is 27.0 Å². The number of rotatable bonds is 14. The van der Waals surface area contributed by atoms with Crippen LogP contribution in [0, 0.1) is 5.92 Å². The van der Waals surface area contributed by atoms with Crippen LogP contribution < -0.4 is 11.1 Å². The number of hydrogen-bond donors (Lipinski definition) is 5. The predicted octanol–water partition coefficient (Wildman–Crippen LogP) is 3.78. The Balaban J connectivity index is 2.27. The van der Waals surface area contributed by atoms with Crippen molar-refractivity contribution in [1.82, 2.24) is 10.3 Å². The quantitative estimate of drug-likeness (QED) is 0.214. The maximum Gasteiger partial charge on any atom is 0.416 e. The lowest BCUT2D eigenvalue weighted by atomic mass is 9.91. The van der Waals surface area contributed by atoms with Gasteiger partial charge < -0.3 is 21.1 Å². The number of nitrogens with one attached hydrogen (secondary N) is 1. The maximum absolute atomic E-state index is 13.0. The molecule has 0 aliphatic carbocycles. The van der Waals surface area contributed by atoms with Crippen molar-refractivity contribution in [2.24, 2.45) is 11.7 Å². The second kappa shape index (κ2) is 12.7. The molecule has 0 aliphatic rings. The van der Waals surface area contributed by atoms with Crippen LogP contribution in [0.3, 0.4) is 0 Å². The topological polar surface area (TPSA) is 163 Å². The minimum absolute atomic E-state index is 0.197. The van der Waals surface area contributed by atoms with Gasteiger partial charge in [0.25, 0.3) is 0 Å². The maximum atomic E-state index is 13.0. The molecule has 14 heteroatoms. The molecule has 0 saturated carbocycles. The second-order valence-corrected chi connectivity index (χ2v) is 10.4. The van der Waals surface area contributed by atoms with E-state index in [0.29, 0.717) is 6.42 Å². The molecular weight excluding hydrogens is 535 g/mol. The van der Waals surface area contributed by atoms with Crippen LogP contribution in [0.5, 0.6) is 0 Å². The van der Waals surface area contributed by atoms with E-state index in [9.17, 15) is 42.9 Å². The molecule has 0 amide bonds. The molecule has 6 N–H and O–H groups in total. The molecule has 0 bridgehead atoms. The molecule has 37 heavy (non-hydrogen) atoms. The molecule has 0 radical (unpaired) electrons. The van der Waals surface area contributed by atoms with E-state index in [2.05, 4.69) is 10.3 Å². The van der Waals surface area contributed by atoms with Crippen molar-refractivity contribution in [2.45, 2.75) is 55.7 Å². The number of aromatic nitrogens is 1. The molecule has 0 spiro atoms. The summed E-state index contributed by atoms with van der Waals surface area (Å²) in [6.07, 6.45) is -2.76. The highest BCUT2D eigenvalue weighted by Gasteiger charge is 2.43. The van der Waals surface area contributed by atoms with Crippen molar-refractivity contribution < 1.29 is 42.9 Å². The largest absolute Gasteiger partial charge is 0.481 e. The molecule has 1 aromatic heterocycles. The first kappa shape index (κ1) is 30.5. The van der Waals surface area contributed by atoms with E-state index in [0.717, 1.165) is 35.2 Å². The Bertz CT molecular complexity index is 1110. The van der Waals surface area contributed by atoms with E-state index in [-0.39, 0.29) is 35.5 Å². The number of nitrogens with two attached hydrogens (primary N) is 1. The fourth-order valence-corrected chi connectivity index (χ4v) is 5.62. The Labute approximate surface area is 219 Å². The van der Waals surface area contributed by atoms with E-state index in [1.54, 1.807) is 13.2 Å². The summed E-state index contributed by atoms with van der Waals surface area (Å²) in [6, 6.07) is 3.02. The van der Waals surface area contributed by atoms with Crippen LogP contribution in [0.15, 0.2) is 29.6 Å². The number of aliphatic carboxylic acids is 3. The van der Waals surface area contributed by atoms with Gasteiger partial charge in [-0.3, -0.25) is 14.9 Å². The monoisotopic (exact) mass is 563 g/mol. The van der Waals surface area contributed by atoms with E-state index >= 15 is 0 Å². The van der Waals surface area contributed by atoms with Gasteiger partial charge in [-0.2, -0.15) is 24.9 Å². The standard InChI is InChI=1S/C23H28F3N3O6S2/c1-3-5-15(19(30)31)17(36-2)10-22(27,21(34)35)29-16(20(32)33)9-14-11-37-18(28-14)12-6-4-7-13(8-12)23(24,25)26/h4,6-8,11,15-17,29H,3,5,9-10,27H2,1-2H3,(H,30,31)(H,32,33)(H,34,35). The predicted molar refractivity (Wildman–Crippen MR) is 133 cm³/mol. The molecule has 0 saturated heterocycles. The Hall–Kier alpha value is -2.68. The average Bonchev–Trinajstić information content (AvgIpc) is 3.28. The smallest absolute Gasteiger partial charge is 0.416 e. The van der Waals surface area contributed by atoms with Gasteiger partial charge in [-0.1, -0.05) is 25.5 Å². The Kier molecular flexibility index (Phi) is 10.5. The third-order valence-electron chi connectivity index (χ3n) is 5.70. The molecule has 1 heterocycles. The summed E-state index contributed by atoms with van der Waals surface area (Å²) in [6.45, 7) is 1.79. The van der Waals surface area contributed by atoms with Gasteiger partial charge in [0, 0.05) is 29.0 Å². The third-order valence-corrected chi connectivity index (χ3v) is 7.75. The van der Waals surface area contributed by atoms with Crippen molar-refractivity contribution in [3.63, 3.8) is 0 Å². The Morgan fingerprint density at radius 2 is 1.86 bits per heavy atom. The number of alkyl halides is 3. The summed E-state index contributed by atoms with van der Waals surface area (Å²) >= 11 is 2.14. The number of nitrogens with zero attached hydrogens (tertiary/aromatic N) is 1. The van der Waals surface area contributed by atoms with E-state index < -0.39 is 52.5 Å². The summed E-state index contributed by atoms with van der Waals surface area (Å²) in [4.78, 5) is 40.0. The number of thioether (sulfide) groups is 1. The van der Waals surface area contributed by atoms with Gasteiger partial charge in [0.15, 0.2) is 5.66 Å². The first-order valence-electron chi connectivity index (χ1n) is 11.1. The van der Waals surface area contributed by atoms with Crippen LogP contribution in [0.25, 0.3) is 10.6 Å². The number of hydrogen-bond acceptors (Lipinski definition) is 8. The zero-order chi connectivity index (χ0) is 28.0. The lowest BCUT2D eigenvalue weighted by Gasteiger charge is -2.34. The fraction of sp³-hybridized carbons (Fsp3) is 0.478. The number of carboxylic acid groups (broad SMARTS) is 3. The highest BCUT2D eigenvalue weighted by atomic mass is 32.2. The van der Waals surface area contributed by atoms with Gasteiger partial charge >= 0.3 is 24.1 Å². The van der Waals surface area contributed by atoms with Crippen LogP contribution in [-0.4, -0.2) is 61.4 Å². The molecule has 0 aliphatic heterocycles. The van der Waals surface area contributed by atoms with E-state index in [4.69, 9.17) is 5.73 Å². The van der Waals surface area contributed by atoms with Crippen LogP contribution in [0.2, 0.25) is 0 Å². The highest BCUT2D eigenvalue weighted by Crippen LogP contribution is 2.33.